The van der Waals surface area contributed by atoms with E-state index in [1.807, 2.05) is 0 Å². The van der Waals surface area contributed by atoms with Gasteiger partial charge in [0.15, 0.2) is 0 Å². The molecule has 2 amide bonds. The van der Waals surface area contributed by atoms with Gasteiger partial charge in [0, 0.05) is 11.6 Å². The molecular formula is C19H24ClN5O4. The van der Waals surface area contributed by atoms with E-state index in [1.54, 1.807) is 47.7 Å². The molecule has 1 aliphatic rings. The van der Waals surface area contributed by atoms with Gasteiger partial charge in [0.05, 0.1) is 19.6 Å². The molecule has 3 rings (SSSR count). The Bertz CT molecular complexity index is 885. The zero-order valence-corrected chi connectivity index (χ0v) is 17.2. The fraction of sp³-hybridized carbons (Fsp3) is 0.474. The predicted octanol–water partition coefficient (Wildman–Crippen LogP) is 1.10. The summed E-state index contributed by atoms with van der Waals surface area (Å²) in [6.45, 7) is 4.58. The summed E-state index contributed by atoms with van der Waals surface area (Å²) >= 11 is 5.89. The number of benzene rings is 1. The molecule has 2 N–H and O–H groups in total. The molecule has 1 saturated heterocycles. The van der Waals surface area contributed by atoms with Gasteiger partial charge >= 0.3 is 0 Å². The van der Waals surface area contributed by atoms with Crippen molar-refractivity contribution in [2.24, 2.45) is 5.73 Å². The van der Waals surface area contributed by atoms with Crippen molar-refractivity contribution >= 4 is 23.4 Å². The van der Waals surface area contributed by atoms with Crippen LogP contribution < -0.4 is 10.5 Å². The number of morpholine rings is 1. The molecule has 2 heterocycles. The largest absolute Gasteiger partial charge is 0.490 e. The Balaban J connectivity index is 1.70. The van der Waals surface area contributed by atoms with Gasteiger partial charge in [-0.15, -0.1) is 0 Å². The Hall–Kier alpha value is -2.65. The molecule has 1 aromatic heterocycles. The van der Waals surface area contributed by atoms with Crippen LogP contribution in [0.25, 0.3) is 0 Å². The van der Waals surface area contributed by atoms with E-state index in [-0.39, 0.29) is 38.6 Å². The average Bonchev–Trinajstić information content (AvgIpc) is 2.98. The molecular weight excluding hydrogens is 398 g/mol. The van der Waals surface area contributed by atoms with Crippen LogP contribution in [-0.2, 0) is 20.9 Å². The number of halogens is 1. The lowest BCUT2D eigenvalue weighted by Gasteiger charge is -2.42. The van der Waals surface area contributed by atoms with E-state index in [1.165, 1.54) is 0 Å². The minimum atomic E-state index is -1.02. The fourth-order valence-corrected chi connectivity index (χ4v) is 3.43. The van der Waals surface area contributed by atoms with E-state index in [0.29, 0.717) is 29.0 Å². The van der Waals surface area contributed by atoms with Crippen molar-refractivity contribution in [3.05, 3.63) is 40.9 Å². The van der Waals surface area contributed by atoms with Crippen LogP contribution in [0.4, 0.5) is 0 Å². The monoisotopic (exact) mass is 421 g/mol. The predicted molar refractivity (Wildman–Crippen MR) is 106 cm³/mol. The summed E-state index contributed by atoms with van der Waals surface area (Å²) in [5.74, 6) is 1.19. The first-order valence-electron chi connectivity index (χ1n) is 9.23. The van der Waals surface area contributed by atoms with Crippen LogP contribution in [0.3, 0.4) is 0 Å². The summed E-state index contributed by atoms with van der Waals surface area (Å²) in [7, 11) is 0. The molecule has 0 spiro atoms. The van der Waals surface area contributed by atoms with Crippen LogP contribution >= 0.6 is 11.6 Å². The van der Waals surface area contributed by atoms with Crippen LogP contribution in [0, 0.1) is 13.8 Å². The van der Waals surface area contributed by atoms with E-state index in [0.717, 1.165) is 0 Å². The molecule has 29 heavy (non-hydrogen) atoms. The lowest BCUT2D eigenvalue weighted by molar-refractivity contribution is -0.162. The van der Waals surface area contributed by atoms with Crippen molar-refractivity contribution in [2.75, 3.05) is 26.3 Å². The van der Waals surface area contributed by atoms with Gasteiger partial charge in [0.2, 0.25) is 11.8 Å². The number of carbonyl (C=O) groups is 2. The molecule has 0 aliphatic carbocycles. The second-order valence-electron chi connectivity index (χ2n) is 7.10. The number of primary amides is 1. The molecule has 1 atom stereocenters. The number of nitrogens with two attached hydrogens (primary N) is 1. The van der Waals surface area contributed by atoms with E-state index in [2.05, 4.69) is 10.1 Å². The molecule has 0 radical (unpaired) electrons. The van der Waals surface area contributed by atoms with Gasteiger partial charge in [0.1, 0.15) is 36.2 Å². The van der Waals surface area contributed by atoms with Crippen molar-refractivity contribution in [3.63, 3.8) is 0 Å². The van der Waals surface area contributed by atoms with Gasteiger partial charge in [-0.3, -0.25) is 9.59 Å². The highest BCUT2D eigenvalue weighted by atomic mass is 35.5. The van der Waals surface area contributed by atoms with Gasteiger partial charge in [-0.25, -0.2) is 9.67 Å². The van der Waals surface area contributed by atoms with E-state index in [9.17, 15) is 9.59 Å². The van der Waals surface area contributed by atoms with E-state index < -0.39 is 11.5 Å². The molecule has 9 nitrogen and oxygen atoms in total. The van der Waals surface area contributed by atoms with Crippen molar-refractivity contribution in [3.8, 4) is 5.75 Å². The molecule has 10 heteroatoms. The third-order valence-electron chi connectivity index (χ3n) is 4.66. The maximum atomic E-state index is 12.8. The second kappa shape index (κ2) is 8.79. The first kappa shape index (κ1) is 21.1. The Morgan fingerprint density at radius 3 is 2.66 bits per heavy atom. The maximum Gasteiger partial charge on any atom is 0.244 e. The minimum Gasteiger partial charge on any atom is -0.490 e. The third-order valence-corrected chi connectivity index (χ3v) is 4.91. The number of aromatic nitrogens is 3. The highest BCUT2D eigenvalue weighted by Crippen LogP contribution is 2.25. The van der Waals surface area contributed by atoms with E-state index >= 15 is 0 Å². The summed E-state index contributed by atoms with van der Waals surface area (Å²) in [5.41, 5.74) is 4.43. The minimum absolute atomic E-state index is 0.0637. The maximum absolute atomic E-state index is 12.8. The number of carbonyl (C=O) groups excluding carboxylic acids is 2. The Morgan fingerprint density at radius 2 is 2.03 bits per heavy atom. The molecule has 0 saturated carbocycles. The topological polar surface area (TPSA) is 113 Å². The number of ether oxygens (including phenoxy) is 2. The van der Waals surface area contributed by atoms with Crippen molar-refractivity contribution in [1.29, 1.82) is 0 Å². The Morgan fingerprint density at radius 1 is 1.31 bits per heavy atom. The molecule has 156 valence electrons. The number of hydrogen-bond donors (Lipinski definition) is 1. The van der Waals surface area contributed by atoms with Crippen molar-refractivity contribution in [2.45, 2.75) is 32.4 Å². The first-order valence-corrected chi connectivity index (χ1v) is 9.61. The highest BCUT2D eigenvalue weighted by Gasteiger charge is 2.41. The van der Waals surface area contributed by atoms with Crippen LogP contribution in [0.15, 0.2) is 24.3 Å². The van der Waals surface area contributed by atoms with Gasteiger partial charge < -0.3 is 20.1 Å². The van der Waals surface area contributed by atoms with Crippen LogP contribution in [0.2, 0.25) is 5.02 Å². The van der Waals surface area contributed by atoms with Crippen LogP contribution in [0.1, 0.15) is 18.1 Å². The zero-order valence-electron chi connectivity index (χ0n) is 16.4. The average molecular weight is 422 g/mol. The standard InChI is InChI=1S/C19H24ClN5O4/c1-13-22-14(2)25(23-13)10-18(27)24-7-8-29-19(11-24,9-17(21)26)12-28-16-5-3-15(20)4-6-16/h3-6H,7-12H2,1-2H3,(H2,21,26)/t19-/m1/s1. The summed E-state index contributed by atoms with van der Waals surface area (Å²) in [4.78, 5) is 30.4. The number of nitrogens with zero attached hydrogens (tertiary/aromatic N) is 4. The number of aryl methyl sites for hydroxylation is 2. The zero-order chi connectivity index (χ0) is 21.0. The van der Waals surface area contributed by atoms with Gasteiger partial charge in [0.25, 0.3) is 0 Å². The van der Waals surface area contributed by atoms with Crippen molar-refractivity contribution in [1.82, 2.24) is 19.7 Å². The molecule has 1 fully saturated rings. The molecule has 1 aromatic carbocycles. The molecule has 2 aromatic rings. The fourth-order valence-electron chi connectivity index (χ4n) is 3.31. The summed E-state index contributed by atoms with van der Waals surface area (Å²) in [5, 5.41) is 4.82. The summed E-state index contributed by atoms with van der Waals surface area (Å²) in [6.07, 6.45) is -0.0637. The summed E-state index contributed by atoms with van der Waals surface area (Å²) < 4.78 is 13.3. The molecule has 0 bridgehead atoms. The normalized spacial score (nSPS) is 19.2. The van der Waals surface area contributed by atoms with E-state index in [4.69, 9.17) is 26.8 Å². The Kier molecular flexibility index (Phi) is 6.39. The first-order chi connectivity index (χ1) is 13.8. The number of rotatable bonds is 7. The van der Waals surface area contributed by atoms with Gasteiger partial charge in [-0.1, -0.05) is 11.6 Å². The van der Waals surface area contributed by atoms with Crippen molar-refractivity contribution < 1.29 is 19.1 Å². The highest BCUT2D eigenvalue weighted by molar-refractivity contribution is 6.30. The van der Waals surface area contributed by atoms with Crippen LogP contribution in [-0.4, -0.2) is 63.4 Å². The molecule has 0 unspecified atom stereocenters. The van der Waals surface area contributed by atoms with Gasteiger partial charge in [-0.2, -0.15) is 5.10 Å². The smallest absolute Gasteiger partial charge is 0.244 e. The third kappa shape index (κ3) is 5.45. The number of hydrogen-bond acceptors (Lipinski definition) is 6. The van der Waals surface area contributed by atoms with Crippen LogP contribution in [0.5, 0.6) is 5.75 Å². The quantitative estimate of drug-likeness (QED) is 0.716. The second-order valence-corrected chi connectivity index (χ2v) is 7.53. The SMILES string of the molecule is Cc1nc(C)n(CC(=O)N2CCO[C@](COc3ccc(Cl)cc3)(CC(N)=O)C2)n1. The van der Waals surface area contributed by atoms with Gasteiger partial charge in [-0.05, 0) is 38.1 Å². The lowest BCUT2D eigenvalue weighted by Crippen LogP contribution is -2.58. The lowest BCUT2D eigenvalue weighted by atomic mass is 9.97. The summed E-state index contributed by atoms with van der Waals surface area (Å²) in [6, 6.07) is 6.86. The number of amides is 2. The molecule has 1 aliphatic heterocycles. The Labute approximate surface area is 173 Å².